The van der Waals surface area contributed by atoms with Gasteiger partial charge in [0, 0.05) is 24.7 Å². The number of nitrogens with zero attached hydrogens (tertiary/aromatic N) is 1. The highest BCUT2D eigenvalue weighted by atomic mass is 32.1. The summed E-state index contributed by atoms with van der Waals surface area (Å²) in [4.78, 5) is 5.64. The molecule has 0 saturated carbocycles. The molecule has 1 unspecified atom stereocenters. The fourth-order valence-corrected chi connectivity index (χ4v) is 2.29. The Labute approximate surface area is 89.5 Å². The molecule has 1 atom stereocenters. The monoisotopic (exact) mass is 214 g/mol. The minimum atomic E-state index is 0.162. The molecule has 4 heteroatoms. The Hall–Kier alpha value is -0.450. The fraction of sp³-hybridized carbons (Fsp3) is 0.700. The maximum absolute atomic E-state index is 5.33. The molecule has 0 bridgehead atoms. The first-order valence-corrected chi connectivity index (χ1v) is 5.81. The summed E-state index contributed by atoms with van der Waals surface area (Å²) in [6, 6.07) is 0. The van der Waals surface area contributed by atoms with Gasteiger partial charge in [-0.15, -0.1) is 11.3 Å². The summed E-state index contributed by atoms with van der Waals surface area (Å²) >= 11 is 1.73. The highest BCUT2D eigenvalue weighted by molar-refractivity contribution is 7.11. The summed E-state index contributed by atoms with van der Waals surface area (Å²) in [5, 5.41) is 4.37. The van der Waals surface area contributed by atoms with Gasteiger partial charge in [0.2, 0.25) is 0 Å². The van der Waals surface area contributed by atoms with Crippen LogP contribution in [0.15, 0.2) is 6.20 Å². The molecule has 0 aromatic carbocycles. The van der Waals surface area contributed by atoms with Crippen molar-refractivity contribution in [3.8, 4) is 0 Å². The van der Waals surface area contributed by atoms with Crippen LogP contribution in [0.5, 0.6) is 0 Å². The highest BCUT2D eigenvalue weighted by Gasteiger charge is 2.11. The normalized spacial score (nSPS) is 13.1. The van der Waals surface area contributed by atoms with Crippen molar-refractivity contribution < 1.29 is 4.74 Å². The van der Waals surface area contributed by atoms with Crippen molar-refractivity contribution in [3.05, 3.63) is 16.1 Å². The predicted octanol–water partition coefficient (Wildman–Crippen LogP) is 2.35. The third kappa shape index (κ3) is 3.04. The zero-order valence-corrected chi connectivity index (χ0v) is 9.86. The molecule has 1 N–H and O–H groups in total. The minimum Gasteiger partial charge on any atom is -0.374 e. The number of thiazole rings is 1. The van der Waals surface area contributed by atoms with E-state index in [1.807, 2.05) is 6.20 Å². The van der Waals surface area contributed by atoms with Crippen LogP contribution in [0.4, 0.5) is 0 Å². The standard InChI is InChI=1S/C10H18N2OS/c1-4-9(13-3)10-12-7-8(14-10)6-11-5-2/h7,9,11H,4-6H2,1-3H3. The van der Waals surface area contributed by atoms with Crippen LogP contribution >= 0.6 is 11.3 Å². The van der Waals surface area contributed by atoms with Crippen LogP contribution in [-0.2, 0) is 11.3 Å². The number of nitrogens with one attached hydrogen (secondary N) is 1. The van der Waals surface area contributed by atoms with Gasteiger partial charge in [-0.2, -0.15) is 0 Å². The summed E-state index contributed by atoms with van der Waals surface area (Å²) in [6.07, 6.45) is 3.07. The predicted molar refractivity (Wildman–Crippen MR) is 59.5 cm³/mol. The molecule has 1 heterocycles. The topological polar surface area (TPSA) is 34.2 Å². The Morgan fingerprint density at radius 3 is 2.93 bits per heavy atom. The Morgan fingerprint density at radius 1 is 1.57 bits per heavy atom. The summed E-state index contributed by atoms with van der Waals surface area (Å²) < 4.78 is 5.33. The van der Waals surface area contributed by atoms with Crippen LogP contribution in [0.25, 0.3) is 0 Å². The number of methoxy groups -OCH3 is 1. The average molecular weight is 214 g/mol. The van der Waals surface area contributed by atoms with E-state index in [0.29, 0.717) is 0 Å². The molecule has 1 aromatic rings. The van der Waals surface area contributed by atoms with E-state index >= 15 is 0 Å². The zero-order valence-electron chi connectivity index (χ0n) is 9.04. The molecular formula is C10H18N2OS. The average Bonchev–Trinajstić information content (AvgIpc) is 2.65. The van der Waals surface area contributed by atoms with Gasteiger partial charge < -0.3 is 10.1 Å². The van der Waals surface area contributed by atoms with Crippen LogP contribution in [0.1, 0.15) is 36.3 Å². The van der Waals surface area contributed by atoms with Crippen molar-refractivity contribution in [1.29, 1.82) is 0 Å². The maximum Gasteiger partial charge on any atom is 0.122 e. The van der Waals surface area contributed by atoms with E-state index < -0.39 is 0 Å². The van der Waals surface area contributed by atoms with Gasteiger partial charge in [-0.25, -0.2) is 4.98 Å². The molecule has 14 heavy (non-hydrogen) atoms. The SMILES string of the molecule is CCNCc1cnc(C(CC)OC)s1. The van der Waals surface area contributed by atoms with Crippen LogP contribution in [0, 0.1) is 0 Å². The number of hydrogen-bond donors (Lipinski definition) is 1. The number of hydrogen-bond acceptors (Lipinski definition) is 4. The summed E-state index contributed by atoms with van der Waals surface area (Å²) in [5.74, 6) is 0. The molecule has 0 radical (unpaired) electrons. The fourth-order valence-electron chi connectivity index (χ4n) is 1.24. The lowest BCUT2D eigenvalue weighted by Crippen LogP contribution is -2.10. The Bertz CT molecular complexity index is 258. The first kappa shape index (κ1) is 11.6. The third-order valence-electron chi connectivity index (χ3n) is 2.05. The van der Waals surface area contributed by atoms with E-state index in [1.165, 1.54) is 4.88 Å². The molecule has 3 nitrogen and oxygen atoms in total. The van der Waals surface area contributed by atoms with Crippen molar-refractivity contribution in [3.63, 3.8) is 0 Å². The van der Waals surface area contributed by atoms with Crippen LogP contribution in [0.2, 0.25) is 0 Å². The van der Waals surface area contributed by atoms with Gasteiger partial charge in [-0.1, -0.05) is 13.8 Å². The lowest BCUT2D eigenvalue weighted by molar-refractivity contribution is 0.0998. The molecule has 0 saturated heterocycles. The van der Waals surface area contributed by atoms with Gasteiger partial charge >= 0.3 is 0 Å². The second-order valence-corrected chi connectivity index (χ2v) is 4.22. The van der Waals surface area contributed by atoms with Gasteiger partial charge in [0.05, 0.1) is 0 Å². The molecule has 0 fully saturated rings. The largest absolute Gasteiger partial charge is 0.374 e. The Balaban J connectivity index is 2.57. The number of rotatable bonds is 6. The van der Waals surface area contributed by atoms with E-state index in [0.717, 1.165) is 24.5 Å². The lowest BCUT2D eigenvalue weighted by Gasteiger charge is -2.08. The number of ether oxygens (including phenoxy) is 1. The molecule has 0 aliphatic heterocycles. The van der Waals surface area contributed by atoms with Crippen molar-refractivity contribution in [2.75, 3.05) is 13.7 Å². The smallest absolute Gasteiger partial charge is 0.122 e. The van der Waals surface area contributed by atoms with Crippen molar-refractivity contribution in [2.24, 2.45) is 0 Å². The highest BCUT2D eigenvalue weighted by Crippen LogP contribution is 2.24. The molecule has 80 valence electrons. The van der Waals surface area contributed by atoms with E-state index in [2.05, 4.69) is 24.1 Å². The molecule has 0 aliphatic carbocycles. The van der Waals surface area contributed by atoms with Crippen molar-refractivity contribution in [1.82, 2.24) is 10.3 Å². The summed E-state index contributed by atoms with van der Waals surface area (Å²) in [5.41, 5.74) is 0. The molecule has 0 spiro atoms. The van der Waals surface area contributed by atoms with Gasteiger partial charge in [0.15, 0.2) is 0 Å². The zero-order chi connectivity index (χ0) is 10.4. The number of aromatic nitrogens is 1. The molecule has 0 aliphatic rings. The van der Waals surface area contributed by atoms with E-state index in [1.54, 1.807) is 18.4 Å². The quantitative estimate of drug-likeness (QED) is 0.789. The maximum atomic E-state index is 5.33. The van der Waals surface area contributed by atoms with E-state index in [9.17, 15) is 0 Å². The Morgan fingerprint density at radius 2 is 2.36 bits per heavy atom. The van der Waals surface area contributed by atoms with Gasteiger partial charge in [0.1, 0.15) is 11.1 Å². The first-order chi connectivity index (χ1) is 6.81. The van der Waals surface area contributed by atoms with Crippen LogP contribution < -0.4 is 5.32 Å². The van der Waals surface area contributed by atoms with E-state index in [-0.39, 0.29) is 6.10 Å². The minimum absolute atomic E-state index is 0.162. The van der Waals surface area contributed by atoms with Gasteiger partial charge in [-0.05, 0) is 13.0 Å². The van der Waals surface area contributed by atoms with Crippen LogP contribution in [-0.4, -0.2) is 18.6 Å². The summed E-state index contributed by atoms with van der Waals surface area (Å²) in [6.45, 7) is 6.12. The lowest BCUT2D eigenvalue weighted by atomic mass is 10.3. The second-order valence-electron chi connectivity index (χ2n) is 3.08. The second kappa shape index (κ2) is 6.11. The van der Waals surface area contributed by atoms with Crippen molar-refractivity contribution in [2.45, 2.75) is 32.9 Å². The third-order valence-corrected chi connectivity index (χ3v) is 3.14. The van der Waals surface area contributed by atoms with Gasteiger partial charge in [0.25, 0.3) is 0 Å². The van der Waals surface area contributed by atoms with Crippen molar-refractivity contribution >= 4 is 11.3 Å². The summed E-state index contributed by atoms with van der Waals surface area (Å²) in [7, 11) is 1.74. The molecule has 1 rings (SSSR count). The molecule has 1 aromatic heterocycles. The molecular weight excluding hydrogens is 196 g/mol. The van der Waals surface area contributed by atoms with Crippen LogP contribution in [0.3, 0.4) is 0 Å². The Kier molecular flexibility index (Phi) is 5.07. The first-order valence-electron chi connectivity index (χ1n) is 4.99. The molecule has 0 amide bonds. The van der Waals surface area contributed by atoms with Gasteiger partial charge in [-0.3, -0.25) is 0 Å². The van der Waals surface area contributed by atoms with E-state index in [4.69, 9.17) is 4.74 Å².